The first kappa shape index (κ1) is 13.4. The number of rotatable bonds is 5. The first-order valence-corrected chi connectivity index (χ1v) is 5.99. The third-order valence-corrected chi connectivity index (χ3v) is 2.94. The first-order valence-electron chi connectivity index (χ1n) is 5.00. The van der Waals surface area contributed by atoms with Crippen molar-refractivity contribution in [2.45, 2.75) is 24.5 Å². The molecule has 0 amide bonds. The lowest BCUT2D eigenvalue weighted by Gasteiger charge is -2.07. The standard InChI is InChI=1S/C11H14F3NS/c1-2-15-7-9-4-3-5-10(6-9)16-8-11(12,13)14/h3-6,15H,2,7-8H2,1H3. The normalized spacial score (nSPS) is 11.8. The number of halogens is 3. The highest BCUT2D eigenvalue weighted by atomic mass is 32.2. The maximum absolute atomic E-state index is 12.0. The van der Waals surface area contributed by atoms with E-state index in [1.165, 1.54) is 0 Å². The Morgan fingerprint density at radius 3 is 2.69 bits per heavy atom. The second-order valence-electron chi connectivity index (χ2n) is 3.33. The topological polar surface area (TPSA) is 12.0 Å². The molecule has 0 fully saturated rings. The Kier molecular flexibility index (Phi) is 5.15. The fraction of sp³-hybridized carbons (Fsp3) is 0.455. The number of benzene rings is 1. The van der Waals surface area contributed by atoms with Gasteiger partial charge in [0, 0.05) is 11.4 Å². The monoisotopic (exact) mass is 249 g/mol. The van der Waals surface area contributed by atoms with Gasteiger partial charge in [-0.05, 0) is 24.2 Å². The van der Waals surface area contributed by atoms with E-state index in [0.29, 0.717) is 11.4 Å². The molecule has 16 heavy (non-hydrogen) atoms. The first-order chi connectivity index (χ1) is 7.51. The molecule has 0 atom stereocenters. The molecule has 0 aliphatic heterocycles. The number of thioether (sulfide) groups is 1. The minimum absolute atomic E-state index is 0.660. The number of alkyl halides is 3. The maximum Gasteiger partial charge on any atom is 0.398 e. The summed E-state index contributed by atoms with van der Waals surface area (Å²) in [5.74, 6) is -0.836. The molecule has 1 nitrogen and oxygen atoms in total. The smallest absolute Gasteiger partial charge is 0.313 e. The quantitative estimate of drug-likeness (QED) is 0.802. The lowest BCUT2D eigenvalue weighted by atomic mass is 10.2. The highest BCUT2D eigenvalue weighted by molar-refractivity contribution is 7.99. The zero-order valence-corrected chi connectivity index (χ0v) is 9.79. The van der Waals surface area contributed by atoms with E-state index >= 15 is 0 Å². The van der Waals surface area contributed by atoms with Crippen LogP contribution in [0.2, 0.25) is 0 Å². The van der Waals surface area contributed by atoms with Crippen molar-refractivity contribution in [3.63, 3.8) is 0 Å². The number of nitrogens with one attached hydrogen (secondary N) is 1. The summed E-state index contributed by atoms with van der Waals surface area (Å²) in [5.41, 5.74) is 1.01. The van der Waals surface area contributed by atoms with Gasteiger partial charge < -0.3 is 5.32 Å². The third-order valence-electron chi connectivity index (χ3n) is 1.88. The largest absolute Gasteiger partial charge is 0.398 e. The molecule has 0 spiro atoms. The summed E-state index contributed by atoms with van der Waals surface area (Å²) in [6.45, 7) is 3.53. The Bertz CT molecular complexity index is 325. The van der Waals surface area contributed by atoms with Crippen molar-refractivity contribution in [3.05, 3.63) is 29.8 Å². The summed E-state index contributed by atoms with van der Waals surface area (Å²) in [6, 6.07) is 7.18. The number of hydrogen-bond acceptors (Lipinski definition) is 2. The van der Waals surface area contributed by atoms with Crippen LogP contribution in [0.25, 0.3) is 0 Å². The summed E-state index contributed by atoms with van der Waals surface area (Å²) in [7, 11) is 0. The van der Waals surface area contributed by atoms with Crippen LogP contribution in [-0.4, -0.2) is 18.5 Å². The molecule has 1 aromatic rings. The Morgan fingerprint density at radius 2 is 2.06 bits per heavy atom. The molecule has 5 heteroatoms. The fourth-order valence-electron chi connectivity index (χ4n) is 1.18. The van der Waals surface area contributed by atoms with Crippen LogP contribution in [0.3, 0.4) is 0 Å². The van der Waals surface area contributed by atoms with Crippen molar-refractivity contribution in [2.75, 3.05) is 12.3 Å². The van der Waals surface area contributed by atoms with Gasteiger partial charge >= 0.3 is 6.18 Å². The van der Waals surface area contributed by atoms with Gasteiger partial charge in [-0.2, -0.15) is 13.2 Å². The molecule has 0 aliphatic rings. The minimum Gasteiger partial charge on any atom is -0.313 e. The predicted molar refractivity (Wildman–Crippen MR) is 60.6 cm³/mol. The summed E-state index contributed by atoms with van der Waals surface area (Å²) >= 11 is 0.822. The summed E-state index contributed by atoms with van der Waals surface area (Å²) < 4.78 is 36.0. The molecule has 0 saturated heterocycles. The van der Waals surface area contributed by atoms with E-state index in [1.807, 2.05) is 13.0 Å². The molecule has 1 rings (SSSR count). The van der Waals surface area contributed by atoms with Crippen LogP contribution >= 0.6 is 11.8 Å². The Balaban J connectivity index is 2.53. The Labute approximate surface area is 97.4 Å². The minimum atomic E-state index is -4.11. The maximum atomic E-state index is 12.0. The molecule has 1 N–H and O–H groups in total. The highest BCUT2D eigenvalue weighted by Gasteiger charge is 2.27. The molecule has 0 aliphatic carbocycles. The van der Waals surface area contributed by atoms with Gasteiger partial charge in [-0.15, -0.1) is 11.8 Å². The summed E-state index contributed by atoms with van der Waals surface area (Å²) in [6.07, 6.45) is -4.11. The lowest BCUT2D eigenvalue weighted by molar-refractivity contribution is -0.105. The third kappa shape index (κ3) is 5.42. The van der Waals surface area contributed by atoms with Gasteiger partial charge in [0.1, 0.15) is 0 Å². The van der Waals surface area contributed by atoms with Gasteiger partial charge in [0.05, 0.1) is 5.75 Å². The van der Waals surface area contributed by atoms with E-state index in [0.717, 1.165) is 23.9 Å². The SMILES string of the molecule is CCNCc1cccc(SCC(F)(F)F)c1. The van der Waals surface area contributed by atoms with Crippen LogP contribution in [0.1, 0.15) is 12.5 Å². The van der Waals surface area contributed by atoms with Crippen LogP contribution in [0.15, 0.2) is 29.2 Å². The Hall–Kier alpha value is -0.680. The van der Waals surface area contributed by atoms with Gasteiger partial charge in [0.25, 0.3) is 0 Å². The zero-order valence-electron chi connectivity index (χ0n) is 8.97. The van der Waals surface area contributed by atoms with E-state index in [2.05, 4.69) is 5.32 Å². The molecule has 0 unspecified atom stereocenters. The van der Waals surface area contributed by atoms with Gasteiger partial charge in [-0.25, -0.2) is 0 Å². The van der Waals surface area contributed by atoms with Crippen molar-refractivity contribution in [1.82, 2.24) is 5.32 Å². The molecule has 0 aromatic heterocycles. The molecule has 0 radical (unpaired) electrons. The van der Waals surface area contributed by atoms with Crippen LogP contribution in [0.5, 0.6) is 0 Å². The molecule has 0 saturated carbocycles. The molecular formula is C11H14F3NS. The van der Waals surface area contributed by atoms with Crippen LogP contribution < -0.4 is 5.32 Å². The summed E-state index contributed by atoms with van der Waals surface area (Å²) in [5, 5.41) is 3.13. The average molecular weight is 249 g/mol. The van der Waals surface area contributed by atoms with Crippen LogP contribution in [0.4, 0.5) is 13.2 Å². The lowest BCUT2D eigenvalue weighted by Crippen LogP contribution is -2.12. The van der Waals surface area contributed by atoms with Crippen molar-refractivity contribution >= 4 is 11.8 Å². The van der Waals surface area contributed by atoms with Crippen LogP contribution in [-0.2, 0) is 6.54 Å². The van der Waals surface area contributed by atoms with Gasteiger partial charge in [0.2, 0.25) is 0 Å². The van der Waals surface area contributed by atoms with Crippen molar-refractivity contribution in [2.24, 2.45) is 0 Å². The van der Waals surface area contributed by atoms with Crippen LogP contribution in [0, 0.1) is 0 Å². The molecule has 0 bridgehead atoms. The molecule has 0 heterocycles. The van der Waals surface area contributed by atoms with E-state index in [4.69, 9.17) is 0 Å². The number of hydrogen-bond donors (Lipinski definition) is 1. The second kappa shape index (κ2) is 6.15. The van der Waals surface area contributed by atoms with E-state index in [1.54, 1.807) is 18.2 Å². The van der Waals surface area contributed by atoms with Crippen molar-refractivity contribution in [3.8, 4) is 0 Å². The van der Waals surface area contributed by atoms with E-state index in [9.17, 15) is 13.2 Å². The van der Waals surface area contributed by atoms with Crippen molar-refractivity contribution < 1.29 is 13.2 Å². The predicted octanol–water partition coefficient (Wildman–Crippen LogP) is 3.45. The van der Waals surface area contributed by atoms with Gasteiger partial charge in [0.15, 0.2) is 0 Å². The van der Waals surface area contributed by atoms with Gasteiger partial charge in [-0.3, -0.25) is 0 Å². The molecule has 1 aromatic carbocycles. The van der Waals surface area contributed by atoms with Crippen molar-refractivity contribution in [1.29, 1.82) is 0 Å². The second-order valence-corrected chi connectivity index (χ2v) is 4.38. The van der Waals surface area contributed by atoms with E-state index < -0.39 is 11.9 Å². The zero-order chi connectivity index (χ0) is 12.0. The molecule has 90 valence electrons. The fourth-order valence-corrected chi connectivity index (χ4v) is 1.92. The average Bonchev–Trinajstić information content (AvgIpc) is 2.23. The highest BCUT2D eigenvalue weighted by Crippen LogP contribution is 2.27. The molecular weight excluding hydrogens is 235 g/mol. The van der Waals surface area contributed by atoms with Gasteiger partial charge in [-0.1, -0.05) is 19.1 Å². The Morgan fingerprint density at radius 1 is 1.31 bits per heavy atom. The summed E-state index contributed by atoms with van der Waals surface area (Å²) in [4.78, 5) is 0.660. The van der Waals surface area contributed by atoms with E-state index in [-0.39, 0.29) is 0 Å².